The molecule has 6 nitrogen and oxygen atoms in total. The molecule has 2 heterocycles. The van der Waals surface area contributed by atoms with Gasteiger partial charge in [0, 0.05) is 36.6 Å². The van der Waals surface area contributed by atoms with E-state index >= 15 is 0 Å². The van der Waals surface area contributed by atoms with Crippen LogP contribution in [0.2, 0.25) is 5.02 Å². The number of piperidine rings is 1. The molecule has 1 saturated heterocycles. The Morgan fingerprint density at radius 3 is 2.38 bits per heavy atom. The van der Waals surface area contributed by atoms with Gasteiger partial charge in [0.2, 0.25) is 5.60 Å². The first-order valence-corrected chi connectivity index (χ1v) is 8.68. The Bertz CT molecular complexity index is 815. The maximum absolute atomic E-state index is 12.6. The van der Waals surface area contributed by atoms with Crippen molar-refractivity contribution in [1.82, 2.24) is 9.88 Å². The molecule has 136 valence electrons. The number of amides is 1. The molecule has 26 heavy (non-hydrogen) atoms. The number of likely N-dealkylation sites (tertiary alicyclic amines) is 1. The molecule has 7 heteroatoms. The van der Waals surface area contributed by atoms with E-state index in [0.29, 0.717) is 16.5 Å². The minimum Gasteiger partial charge on any atom is -0.478 e. The summed E-state index contributed by atoms with van der Waals surface area (Å²) in [5.41, 5.74) is -0.227. The number of hydrogen-bond acceptors (Lipinski definition) is 4. The Balaban J connectivity index is 1.72. The quantitative estimate of drug-likeness (QED) is 0.889. The lowest BCUT2D eigenvalue weighted by atomic mass is 9.90. The van der Waals surface area contributed by atoms with Crippen molar-refractivity contribution in [2.45, 2.75) is 25.4 Å². The molecule has 1 fully saturated rings. The van der Waals surface area contributed by atoms with Gasteiger partial charge in [-0.3, -0.25) is 4.79 Å². The fraction of sp³-hybridized carbons (Fsp3) is 0.316. The lowest BCUT2D eigenvalue weighted by Crippen LogP contribution is -2.54. The third-order valence-electron chi connectivity index (χ3n) is 4.48. The van der Waals surface area contributed by atoms with Gasteiger partial charge in [0.05, 0.1) is 0 Å². The molecule has 1 amide bonds. The number of carbonyl (C=O) groups excluding carboxylic acids is 1. The lowest BCUT2D eigenvalue weighted by Gasteiger charge is -2.38. The van der Waals surface area contributed by atoms with Crippen LogP contribution in [0, 0.1) is 6.92 Å². The van der Waals surface area contributed by atoms with E-state index in [1.54, 1.807) is 41.3 Å². The molecule has 0 aliphatic carbocycles. The molecular formula is C19H19ClN2O4. The Morgan fingerprint density at radius 1 is 1.15 bits per heavy atom. The summed E-state index contributed by atoms with van der Waals surface area (Å²) in [6.07, 6.45) is 0.394. The number of ether oxygens (including phenoxy) is 1. The Labute approximate surface area is 156 Å². The first-order chi connectivity index (χ1) is 12.4. The van der Waals surface area contributed by atoms with E-state index in [0.717, 1.165) is 5.69 Å². The SMILES string of the molecule is Cc1cccc(C(=O)N2CCC(Oc3ccc(Cl)cc3)(C(=O)O)CC2)n1. The molecule has 1 aromatic heterocycles. The summed E-state index contributed by atoms with van der Waals surface area (Å²) in [6.45, 7) is 2.39. The van der Waals surface area contributed by atoms with Crippen molar-refractivity contribution in [2.75, 3.05) is 13.1 Å². The number of carboxylic acid groups (broad SMARTS) is 1. The average Bonchev–Trinajstić information content (AvgIpc) is 2.63. The van der Waals surface area contributed by atoms with Gasteiger partial charge in [0.15, 0.2) is 0 Å². The monoisotopic (exact) mass is 374 g/mol. The third-order valence-corrected chi connectivity index (χ3v) is 4.73. The van der Waals surface area contributed by atoms with Crippen LogP contribution in [0.4, 0.5) is 0 Å². The summed E-state index contributed by atoms with van der Waals surface area (Å²) < 4.78 is 5.80. The number of nitrogens with zero attached hydrogens (tertiary/aromatic N) is 2. The van der Waals surface area contributed by atoms with Crippen molar-refractivity contribution in [3.8, 4) is 5.75 Å². The number of benzene rings is 1. The second-order valence-corrected chi connectivity index (χ2v) is 6.75. The molecular weight excluding hydrogens is 356 g/mol. The molecule has 0 unspecified atom stereocenters. The second kappa shape index (κ2) is 7.33. The number of aromatic nitrogens is 1. The molecule has 0 saturated carbocycles. The largest absolute Gasteiger partial charge is 0.478 e. The molecule has 1 aromatic carbocycles. The smallest absolute Gasteiger partial charge is 0.348 e. The summed E-state index contributed by atoms with van der Waals surface area (Å²) in [5, 5.41) is 10.3. The van der Waals surface area contributed by atoms with Gasteiger partial charge in [0.25, 0.3) is 5.91 Å². The molecule has 0 atom stereocenters. The summed E-state index contributed by atoms with van der Waals surface area (Å²) in [5.74, 6) is -0.788. The maximum atomic E-state index is 12.6. The van der Waals surface area contributed by atoms with E-state index in [1.165, 1.54) is 0 Å². The van der Waals surface area contributed by atoms with E-state index in [9.17, 15) is 14.7 Å². The van der Waals surface area contributed by atoms with Crippen molar-refractivity contribution >= 4 is 23.5 Å². The van der Waals surface area contributed by atoms with E-state index in [2.05, 4.69) is 4.98 Å². The van der Waals surface area contributed by atoms with Gasteiger partial charge in [-0.1, -0.05) is 17.7 Å². The minimum atomic E-state index is -1.36. The molecule has 3 rings (SSSR count). The summed E-state index contributed by atoms with van der Waals surface area (Å²) in [4.78, 5) is 30.3. The van der Waals surface area contributed by atoms with Crippen LogP contribution in [0.25, 0.3) is 0 Å². The van der Waals surface area contributed by atoms with E-state index in [1.807, 2.05) is 13.0 Å². The highest BCUT2D eigenvalue weighted by Crippen LogP contribution is 2.30. The maximum Gasteiger partial charge on any atom is 0.348 e. The van der Waals surface area contributed by atoms with Gasteiger partial charge in [0.1, 0.15) is 11.4 Å². The highest BCUT2D eigenvalue weighted by Gasteiger charge is 2.45. The van der Waals surface area contributed by atoms with Crippen LogP contribution in [0.5, 0.6) is 5.75 Å². The lowest BCUT2D eigenvalue weighted by molar-refractivity contribution is -0.159. The van der Waals surface area contributed by atoms with Crippen LogP contribution < -0.4 is 4.74 Å². The predicted molar refractivity (Wildman–Crippen MR) is 96.6 cm³/mol. The fourth-order valence-electron chi connectivity index (χ4n) is 2.98. The molecule has 1 N–H and O–H groups in total. The van der Waals surface area contributed by atoms with Gasteiger partial charge < -0.3 is 14.7 Å². The molecule has 0 bridgehead atoms. The fourth-order valence-corrected chi connectivity index (χ4v) is 3.11. The van der Waals surface area contributed by atoms with Crippen LogP contribution in [-0.4, -0.2) is 45.6 Å². The molecule has 0 spiro atoms. The summed E-state index contributed by atoms with van der Waals surface area (Å²) >= 11 is 5.85. The van der Waals surface area contributed by atoms with Crippen LogP contribution in [0.3, 0.4) is 0 Å². The highest BCUT2D eigenvalue weighted by atomic mass is 35.5. The number of halogens is 1. The van der Waals surface area contributed by atoms with Gasteiger partial charge in [-0.05, 0) is 43.3 Å². The van der Waals surface area contributed by atoms with Crippen molar-refractivity contribution in [1.29, 1.82) is 0 Å². The molecule has 2 aromatic rings. The molecule has 0 radical (unpaired) electrons. The zero-order chi connectivity index (χ0) is 18.7. The van der Waals surface area contributed by atoms with Crippen molar-refractivity contribution in [3.63, 3.8) is 0 Å². The number of hydrogen-bond donors (Lipinski definition) is 1. The Morgan fingerprint density at radius 2 is 1.81 bits per heavy atom. The van der Waals surface area contributed by atoms with E-state index in [4.69, 9.17) is 16.3 Å². The van der Waals surface area contributed by atoms with Crippen LogP contribution >= 0.6 is 11.6 Å². The first-order valence-electron chi connectivity index (χ1n) is 8.30. The topological polar surface area (TPSA) is 79.7 Å². The zero-order valence-corrected chi connectivity index (χ0v) is 15.1. The van der Waals surface area contributed by atoms with Crippen molar-refractivity contribution in [3.05, 3.63) is 58.9 Å². The third kappa shape index (κ3) is 3.80. The number of pyridine rings is 1. The zero-order valence-electron chi connectivity index (χ0n) is 14.3. The van der Waals surface area contributed by atoms with Crippen LogP contribution in [0.1, 0.15) is 29.0 Å². The molecule has 1 aliphatic rings. The van der Waals surface area contributed by atoms with E-state index in [-0.39, 0.29) is 31.8 Å². The Kier molecular flexibility index (Phi) is 5.13. The number of aliphatic carboxylic acids is 1. The van der Waals surface area contributed by atoms with Crippen LogP contribution in [0.15, 0.2) is 42.5 Å². The second-order valence-electron chi connectivity index (χ2n) is 6.31. The number of carboxylic acids is 1. The van der Waals surface area contributed by atoms with Gasteiger partial charge in [-0.25, -0.2) is 9.78 Å². The predicted octanol–water partition coefficient (Wildman–Crippen LogP) is 3.18. The first kappa shape index (κ1) is 18.2. The molecule has 1 aliphatic heterocycles. The van der Waals surface area contributed by atoms with Crippen LogP contribution in [-0.2, 0) is 4.79 Å². The van der Waals surface area contributed by atoms with Crippen molar-refractivity contribution in [2.24, 2.45) is 0 Å². The standard InChI is InChI=1S/C19H19ClN2O4/c1-13-3-2-4-16(21-13)17(23)22-11-9-19(10-12-22,18(24)25)26-15-7-5-14(20)6-8-15/h2-8H,9-12H2,1H3,(H,24,25). The van der Waals surface area contributed by atoms with Gasteiger partial charge in [-0.15, -0.1) is 0 Å². The summed E-state index contributed by atoms with van der Waals surface area (Å²) in [6, 6.07) is 11.8. The number of carbonyl (C=O) groups is 2. The highest BCUT2D eigenvalue weighted by molar-refractivity contribution is 6.30. The van der Waals surface area contributed by atoms with Crippen molar-refractivity contribution < 1.29 is 19.4 Å². The number of rotatable bonds is 4. The number of aryl methyl sites for hydroxylation is 1. The van der Waals surface area contributed by atoms with Gasteiger partial charge >= 0.3 is 5.97 Å². The van der Waals surface area contributed by atoms with E-state index < -0.39 is 11.6 Å². The average molecular weight is 375 g/mol. The Hall–Kier alpha value is -2.60. The van der Waals surface area contributed by atoms with Gasteiger partial charge in [-0.2, -0.15) is 0 Å². The summed E-state index contributed by atoms with van der Waals surface area (Å²) in [7, 11) is 0. The minimum absolute atomic E-state index is 0.195. The normalized spacial score (nSPS) is 16.2.